The van der Waals surface area contributed by atoms with Crippen LogP contribution in [-0.4, -0.2) is 46.3 Å². The highest BCUT2D eigenvalue weighted by atomic mass is 16.7. The topological polar surface area (TPSA) is 39.7 Å². The zero-order chi connectivity index (χ0) is 10.4. The summed E-state index contributed by atoms with van der Waals surface area (Å²) in [5.74, 6) is 0. The number of rotatable bonds is 7. The van der Waals surface area contributed by atoms with Gasteiger partial charge in [0.15, 0.2) is 6.29 Å². The van der Waals surface area contributed by atoms with Gasteiger partial charge in [0, 0.05) is 34.4 Å². The molecule has 0 aromatic rings. The van der Waals surface area contributed by atoms with Gasteiger partial charge in [-0.05, 0) is 19.3 Å². The Bertz CT molecular complexity index is 150. The molecule has 4 nitrogen and oxygen atoms in total. The highest BCUT2D eigenvalue weighted by molar-refractivity contribution is 4.91. The van der Waals surface area contributed by atoms with Crippen LogP contribution in [0.25, 0.3) is 0 Å². The molecule has 1 saturated carbocycles. The van der Waals surface area contributed by atoms with Crippen molar-refractivity contribution < 1.29 is 14.2 Å². The predicted octanol–water partition coefficient (Wildman–Crippen LogP) is 0.764. The van der Waals surface area contributed by atoms with Gasteiger partial charge >= 0.3 is 0 Å². The molecule has 14 heavy (non-hydrogen) atoms. The van der Waals surface area contributed by atoms with Crippen LogP contribution in [0.15, 0.2) is 0 Å². The Hall–Kier alpha value is -0.160. The fraction of sp³-hybridized carbons (Fsp3) is 1.00. The Morgan fingerprint density at radius 1 is 1.21 bits per heavy atom. The fourth-order valence-corrected chi connectivity index (χ4v) is 1.70. The minimum Gasteiger partial charge on any atom is -0.377 e. The summed E-state index contributed by atoms with van der Waals surface area (Å²) in [5.41, 5.74) is 0.0754. The summed E-state index contributed by atoms with van der Waals surface area (Å²) in [6.45, 7) is 1.59. The van der Waals surface area contributed by atoms with Crippen LogP contribution in [0.5, 0.6) is 0 Å². The summed E-state index contributed by atoms with van der Waals surface area (Å²) >= 11 is 0. The van der Waals surface area contributed by atoms with Crippen molar-refractivity contribution in [1.82, 2.24) is 5.32 Å². The fourth-order valence-electron chi connectivity index (χ4n) is 1.70. The van der Waals surface area contributed by atoms with Crippen molar-refractivity contribution in [3.63, 3.8) is 0 Å². The maximum Gasteiger partial charge on any atom is 0.169 e. The molecule has 0 aromatic heterocycles. The third kappa shape index (κ3) is 2.92. The van der Waals surface area contributed by atoms with Crippen molar-refractivity contribution in [3.8, 4) is 0 Å². The molecule has 1 aliphatic rings. The first-order valence-electron chi connectivity index (χ1n) is 5.08. The van der Waals surface area contributed by atoms with Crippen molar-refractivity contribution in [1.29, 1.82) is 0 Å². The van der Waals surface area contributed by atoms with Gasteiger partial charge in [-0.1, -0.05) is 0 Å². The van der Waals surface area contributed by atoms with Crippen LogP contribution in [0.4, 0.5) is 0 Å². The van der Waals surface area contributed by atoms with Crippen LogP contribution in [0.1, 0.15) is 19.3 Å². The SMILES string of the molecule is COC(CNCC1(OC)CCC1)OC. The van der Waals surface area contributed by atoms with E-state index < -0.39 is 0 Å². The normalized spacial score (nSPS) is 19.7. The van der Waals surface area contributed by atoms with Crippen LogP contribution in [-0.2, 0) is 14.2 Å². The smallest absolute Gasteiger partial charge is 0.169 e. The summed E-state index contributed by atoms with van der Waals surface area (Å²) in [6, 6.07) is 0. The molecule has 0 amide bonds. The van der Waals surface area contributed by atoms with Crippen LogP contribution < -0.4 is 5.32 Å². The van der Waals surface area contributed by atoms with Gasteiger partial charge in [0.1, 0.15) is 0 Å². The molecule has 0 saturated heterocycles. The lowest BCUT2D eigenvalue weighted by Gasteiger charge is -2.40. The standard InChI is InChI=1S/C10H21NO3/c1-12-9(13-2)7-11-8-10(14-3)5-4-6-10/h9,11H,4-8H2,1-3H3. The molecule has 1 aliphatic carbocycles. The quantitative estimate of drug-likeness (QED) is 0.620. The summed E-state index contributed by atoms with van der Waals surface area (Å²) in [6.07, 6.45) is 3.42. The summed E-state index contributed by atoms with van der Waals surface area (Å²) in [4.78, 5) is 0. The first kappa shape index (κ1) is 11.9. The third-order valence-corrected chi connectivity index (χ3v) is 2.98. The van der Waals surface area contributed by atoms with Gasteiger partial charge in [0.25, 0.3) is 0 Å². The van der Waals surface area contributed by atoms with E-state index in [2.05, 4.69) is 5.32 Å². The Morgan fingerprint density at radius 2 is 1.86 bits per heavy atom. The van der Waals surface area contributed by atoms with Gasteiger partial charge in [0.2, 0.25) is 0 Å². The molecular formula is C10H21NO3. The first-order chi connectivity index (χ1) is 6.76. The second-order valence-corrected chi connectivity index (χ2v) is 3.77. The molecule has 4 heteroatoms. The molecule has 0 heterocycles. The monoisotopic (exact) mass is 203 g/mol. The Kier molecular flexibility index (Phi) is 4.81. The zero-order valence-electron chi connectivity index (χ0n) is 9.34. The molecule has 0 radical (unpaired) electrons. The Balaban J connectivity index is 2.13. The van der Waals surface area contributed by atoms with Gasteiger partial charge < -0.3 is 19.5 Å². The van der Waals surface area contributed by atoms with Gasteiger partial charge in [-0.25, -0.2) is 0 Å². The van der Waals surface area contributed by atoms with Gasteiger partial charge in [-0.3, -0.25) is 0 Å². The number of ether oxygens (including phenoxy) is 3. The average Bonchev–Trinajstić information content (AvgIpc) is 2.16. The van der Waals surface area contributed by atoms with E-state index in [0.717, 1.165) is 19.4 Å². The minimum atomic E-state index is -0.163. The number of nitrogens with one attached hydrogen (secondary N) is 1. The molecule has 1 fully saturated rings. The maximum atomic E-state index is 5.48. The lowest BCUT2D eigenvalue weighted by molar-refractivity contribution is -0.107. The summed E-state index contributed by atoms with van der Waals surface area (Å²) in [7, 11) is 5.07. The van der Waals surface area contributed by atoms with Gasteiger partial charge in [0.05, 0.1) is 5.60 Å². The Labute approximate surface area is 85.9 Å². The highest BCUT2D eigenvalue weighted by Gasteiger charge is 2.36. The first-order valence-corrected chi connectivity index (χ1v) is 5.08. The lowest BCUT2D eigenvalue weighted by Crippen LogP contribution is -2.49. The van der Waals surface area contributed by atoms with E-state index in [9.17, 15) is 0 Å². The van der Waals surface area contributed by atoms with Crippen molar-refractivity contribution in [2.45, 2.75) is 31.2 Å². The molecule has 0 bridgehead atoms. The second kappa shape index (κ2) is 5.66. The van der Waals surface area contributed by atoms with Crippen LogP contribution in [0, 0.1) is 0 Å². The predicted molar refractivity (Wildman–Crippen MR) is 54.3 cm³/mol. The highest BCUT2D eigenvalue weighted by Crippen LogP contribution is 2.34. The van der Waals surface area contributed by atoms with Crippen molar-refractivity contribution in [2.75, 3.05) is 34.4 Å². The van der Waals surface area contributed by atoms with Crippen molar-refractivity contribution >= 4 is 0 Å². The summed E-state index contributed by atoms with van der Waals surface area (Å²) < 4.78 is 15.6. The number of methoxy groups -OCH3 is 3. The van der Waals surface area contributed by atoms with E-state index in [0.29, 0.717) is 6.54 Å². The van der Waals surface area contributed by atoms with Gasteiger partial charge in [-0.2, -0.15) is 0 Å². The molecule has 1 rings (SSSR count). The van der Waals surface area contributed by atoms with Crippen LogP contribution in [0.3, 0.4) is 0 Å². The number of hydrogen-bond donors (Lipinski definition) is 1. The van der Waals surface area contributed by atoms with E-state index in [4.69, 9.17) is 14.2 Å². The maximum absolute atomic E-state index is 5.48. The second-order valence-electron chi connectivity index (χ2n) is 3.77. The largest absolute Gasteiger partial charge is 0.377 e. The van der Waals surface area contributed by atoms with Crippen LogP contribution in [0.2, 0.25) is 0 Å². The zero-order valence-corrected chi connectivity index (χ0v) is 9.34. The molecule has 0 unspecified atom stereocenters. The Morgan fingerprint density at radius 3 is 2.21 bits per heavy atom. The average molecular weight is 203 g/mol. The van der Waals surface area contributed by atoms with Crippen LogP contribution >= 0.6 is 0 Å². The minimum absolute atomic E-state index is 0.0754. The van der Waals surface area contributed by atoms with E-state index >= 15 is 0 Å². The lowest BCUT2D eigenvalue weighted by atomic mass is 9.80. The molecular weight excluding hydrogens is 182 g/mol. The molecule has 1 N–H and O–H groups in total. The summed E-state index contributed by atoms with van der Waals surface area (Å²) in [5, 5.41) is 3.31. The molecule has 0 aliphatic heterocycles. The number of hydrogen-bond acceptors (Lipinski definition) is 4. The van der Waals surface area contributed by atoms with E-state index in [1.807, 2.05) is 0 Å². The van der Waals surface area contributed by atoms with Gasteiger partial charge in [-0.15, -0.1) is 0 Å². The molecule has 0 atom stereocenters. The van der Waals surface area contributed by atoms with Crippen molar-refractivity contribution in [3.05, 3.63) is 0 Å². The van der Waals surface area contributed by atoms with E-state index in [1.165, 1.54) is 6.42 Å². The molecule has 0 aromatic carbocycles. The molecule has 84 valence electrons. The van der Waals surface area contributed by atoms with Crippen molar-refractivity contribution in [2.24, 2.45) is 0 Å². The molecule has 0 spiro atoms. The van der Waals surface area contributed by atoms with E-state index in [1.54, 1.807) is 21.3 Å². The third-order valence-electron chi connectivity index (χ3n) is 2.98. The van der Waals surface area contributed by atoms with E-state index in [-0.39, 0.29) is 11.9 Å².